The fraction of sp³-hybridized carbons (Fsp3) is 0. The molecule has 0 saturated carbocycles. The van der Waals surface area contributed by atoms with E-state index in [0.29, 0.717) is 0 Å². The van der Waals surface area contributed by atoms with Gasteiger partial charge in [-0.2, -0.15) is 24.3 Å². The normalized spacial score (nSPS) is 13.3. The Morgan fingerprint density at radius 1 is 0.667 bits per heavy atom. The van der Waals surface area contributed by atoms with Crippen LogP contribution in [0.3, 0.4) is 0 Å². The summed E-state index contributed by atoms with van der Waals surface area (Å²) in [7, 11) is 0. The largest absolute Gasteiger partial charge is 0.332 e. The maximum Gasteiger partial charge on any atom is 0.216 e. The van der Waals surface area contributed by atoms with Crippen molar-refractivity contribution < 1.29 is 0 Å². The molecule has 2 heteroatoms. The Hall–Kier alpha value is -2.74. The minimum absolute atomic E-state index is 0.989. The molecule has 21 heavy (non-hydrogen) atoms. The highest BCUT2D eigenvalue weighted by molar-refractivity contribution is 5.89. The Balaban J connectivity index is 1.81. The molecule has 0 saturated heterocycles. The molecule has 2 nitrogen and oxygen atoms in total. The van der Waals surface area contributed by atoms with Crippen molar-refractivity contribution in [1.29, 1.82) is 0 Å². The maximum absolute atomic E-state index is 3.42. The van der Waals surface area contributed by atoms with Gasteiger partial charge < -0.3 is 9.80 Å². The van der Waals surface area contributed by atoms with Crippen molar-refractivity contribution in [1.82, 2.24) is 0 Å². The molecule has 0 spiro atoms. The van der Waals surface area contributed by atoms with Crippen molar-refractivity contribution in [3.8, 4) is 0 Å². The van der Waals surface area contributed by atoms with Crippen LogP contribution in [0.5, 0.6) is 0 Å². The van der Waals surface area contributed by atoms with Gasteiger partial charge >= 0.3 is 0 Å². The number of anilines is 4. The van der Waals surface area contributed by atoms with Gasteiger partial charge in [-0.1, -0.05) is 36.0 Å². The van der Waals surface area contributed by atoms with Gasteiger partial charge in [0, 0.05) is 5.69 Å². The van der Waals surface area contributed by atoms with Gasteiger partial charge in [0.15, 0.2) is 0 Å². The third-order valence-corrected chi connectivity index (χ3v) is 3.51. The molecule has 0 bridgehead atoms. The first-order chi connectivity index (χ1) is 10.4. The molecule has 1 heterocycles. The summed E-state index contributed by atoms with van der Waals surface area (Å²) in [5.41, 5.74) is 4.33. The van der Waals surface area contributed by atoms with Crippen LogP contribution in [0, 0.1) is 12.7 Å². The Bertz CT molecular complexity index is 673. The van der Waals surface area contributed by atoms with E-state index >= 15 is 0 Å². The van der Waals surface area contributed by atoms with Gasteiger partial charge in [-0.25, -0.2) is 0 Å². The zero-order valence-electron chi connectivity index (χ0n) is 11.4. The van der Waals surface area contributed by atoms with Gasteiger partial charge in [0.1, 0.15) is 0 Å². The second-order valence-electron chi connectivity index (χ2n) is 4.84. The molecule has 0 N–H and O–H groups in total. The smallest absolute Gasteiger partial charge is 0.216 e. The second-order valence-corrected chi connectivity index (χ2v) is 4.84. The minimum Gasteiger partial charge on any atom is -0.332 e. The van der Waals surface area contributed by atoms with Crippen LogP contribution in [-0.2, 0) is 0 Å². The highest BCUT2D eigenvalue weighted by Gasteiger charge is 2.27. The third-order valence-electron chi connectivity index (χ3n) is 3.51. The van der Waals surface area contributed by atoms with Crippen LogP contribution in [0.2, 0.25) is 0 Å². The van der Waals surface area contributed by atoms with Crippen LogP contribution in [0.1, 0.15) is 0 Å². The topological polar surface area (TPSA) is 6.48 Å². The summed E-state index contributed by atoms with van der Waals surface area (Å²) >= 11 is 0. The first-order valence-corrected chi connectivity index (χ1v) is 6.91. The molecule has 100 valence electrons. The van der Waals surface area contributed by atoms with E-state index < -0.39 is 0 Å². The van der Waals surface area contributed by atoms with E-state index in [1.54, 1.807) is 0 Å². The predicted octanol–water partition coefficient (Wildman–Crippen LogP) is 4.77. The SMILES string of the molecule is [C]1N(c2[c-]cccc2)c2ccccc2N1c1ccccc1. The average Bonchev–Trinajstić information content (AvgIpc) is 2.96. The fourth-order valence-electron chi connectivity index (χ4n) is 2.53. The van der Waals surface area contributed by atoms with Crippen LogP contribution < -0.4 is 9.80 Å². The van der Waals surface area contributed by atoms with E-state index in [-0.39, 0.29) is 0 Å². The number of para-hydroxylation sites is 4. The molecule has 2 radical (unpaired) electrons. The molecule has 0 fully saturated rings. The summed E-state index contributed by atoms with van der Waals surface area (Å²) in [6.45, 7) is 3.42. The Morgan fingerprint density at radius 3 is 2.05 bits per heavy atom. The maximum atomic E-state index is 3.42. The van der Waals surface area contributed by atoms with E-state index in [0.717, 1.165) is 22.7 Å². The highest BCUT2D eigenvalue weighted by Crippen LogP contribution is 2.45. The van der Waals surface area contributed by atoms with Crippen LogP contribution >= 0.6 is 0 Å². The summed E-state index contributed by atoms with van der Waals surface area (Å²) in [4.78, 5) is 4.12. The lowest BCUT2D eigenvalue weighted by molar-refractivity contribution is 1.13. The number of nitrogens with zero attached hydrogens (tertiary/aromatic N) is 2. The molecule has 3 aromatic carbocycles. The number of fused-ring (bicyclic) bond motifs is 1. The minimum atomic E-state index is 0.989. The van der Waals surface area contributed by atoms with Crippen molar-refractivity contribution >= 4 is 22.7 Å². The van der Waals surface area contributed by atoms with Gasteiger partial charge in [-0.05, 0) is 24.3 Å². The molecule has 1 aliphatic heterocycles. The van der Waals surface area contributed by atoms with Crippen LogP contribution in [0.15, 0.2) is 78.9 Å². The lowest BCUT2D eigenvalue weighted by Gasteiger charge is -2.22. The molecule has 1 aliphatic rings. The first kappa shape index (κ1) is 12.0. The molecule has 4 rings (SSSR count). The Labute approximate surface area is 124 Å². The summed E-state index contributed by atoms with van der Waals surface area (Å²) in [5.74, 6) is 0. The first-order valence-electron chi connectivity index (χ1n) is 6.91. The van der Waals surface area contributed by atoms with Crippen LogP contribution in [-0.4, -0.2) is 0 Å². The quantitative estimate of drug-likeness (QED) is 0.618. The zero-order chi connectivity index (χ0) is 14.1. The number of hydrogen-bond acceptors (Lipinski definition) is 2. The standard InChI is InChI=1S/C19H13N2/c1-3-9-16(10-4-1)20-15-21(17-11-5-2-6-12-17)19-14-8-7-13-18(19)20/h1-11,13-14H/q-1. The number of rotatable bonds is 2. The molecule has 0 aliphatic carbocycles. The van der Waals surface area contributed by atoms with E-state index in [1.807, 2.05) is 53.4 Å². The number of hydrogen-bond donors (Lipinski definition) is 0. The summed E-state index contributed by atoms with van der Waals surface area (Å²) in [6, 6.07) is 29.8. The molecule has 0 unspecified atom stereocenters. The molecule has 0 aromatic heterocycles. The van der Waals surface area contributed by atoms with Gasteiger partial charge in [-0.3, -0.25) is 0 Å². The van der Waals surface area contributed by atoms with Crippen molar-refractivity contribution in [2.45, 2.75) is 0 Å². The predicted molar refractivity (Wildman–Crippen MR) is 85.7 cm³/mol. The van der Waals surface area contributed by atoms with E-state index in [4.69, 9.17) is 0 Å². The lowest BCUT2D eigenvalue weighted by atomic mass is 10.2. The Morgan fingerprint density at radius 2 is 1.33 bits per heavy atom. The van der Waals surface area contributed by atoms with Gasteiger partial charge in [0.2, 0.25) is 6.67 Å². The summed E-state index contributed by atoms with van der Waals surface area (Å²) < 4.78 is 0. The second kappa shape index (κ2) is 4.98. The van der Waals surface area contributed by atoms with Crippen LogP contribution in [0.4, 0.5) is 22.7 Å². The molecular formula is C19H13N2-. The van der Waals surface area contributed by atoms with Crippen molar-refractivity contribution in [3.05, 3.63) is 91.6 Å². The third kappa shape index (κ3) is 2.05. The molecule has 0 amide bonds. The summed E-state index contributed by atoms with van der Waals surface area (Å²) in [6.07, 6.45) is 0. The van der Waals surface area contributed by atoms with Gasteiger partial charge in [-0.15, -0.1) is 6.07 Å². The van der Waals surface area contributed by atoms with Gasteiger partial charge in [0.05, 0.1) is 11.4 Å². The fourth-order valence-corrected chi connectivity index (χ4v) is 2.53. The van der Waals surface area contributed by atoms with Crippen molar-refractivity contribution in [3.63, 3.8) is 0 Å². The molecular weight excluding hydrogens is 256 g/mol. The average molecular weight is 269 g/mol. The molecule has 3 aromatic rings. The van der Waals surface area contributed by atoms with Crippen molar-refractivity contribution in [2.75, 3.05) is 9.80 Å². The lowest BCUT2D eigenvalue weighted by Crippen LogP contribution is -2.17. The van der Waals surface area contributed by atoms with Crippen LogP contribution in [0.25, 0.3) is 0 Å². The Kier molecular flexibility index (Phi) is 2.86. The highest BCUT2D eigenvalue weighted by atomic mass is 15.4. The zero-order valence-corrected chi connectivity index (χ0v) is 11.4. The van der Waals surface area contributed by atoms with Gasteiger partial charge in [0.25, 0.3) is 0 Å². The monoisotopic (exact) mass is 269 g/mol. The molecule has 0 atom stereocenters. The van der Waals surface area contributed by atoms with Crippen molar-refractivity contribution in [2.24, 2.45) is 0 Å². The van der Waals surface area contributed by atoms with E-state index in [1.165, 1.54) is 0 Å². The summed E-state index contributed by atoms with van der Waals surface area (Å²) in [5, 5.41) is 0. The van der Waals surface area contributed by atoms with E-state index in [9.17, 15) is 0 Å². The number of benzene rings is 3. The van der Waals surface area contributed by atoms with E-state index in [2.05, 4.69) is 48.0 Å².